The molecule has 1 N–H and O–H groups in total. The van der Waals surface area contributed by atoms with Gasteiger partial charge in [-0.25, -0.2) is 14.6 Å². The summed E-state index contributed by atoms with van der Waals surface area (Å²) in [5.41, 5.74) is 3.77. The molecular weight excluding hydrogens is 380 g/mol. The molecule has 2 unspecified atom stereocenters. The molecule has 30 heavy (non-hydrogen) atoms. The quantitative estimate of drug-likeness (QED) is 0.667. The number of nitrogens with one attached hydrogen (secondary N) is 1. The highest BCUT2D eigenvalue weighted by Gasteiger charge is 2.32. The van der Waals surface area contributed by atoms with Crippen LogP contribution >= 0.6 is 0 Å². The van der Waals surface area contributed by atoms with Crippen molar-refractivity contribution >= 4 is 5.82 Å². The summed E-state index contributed by atoms with van der Waals surface area (Å²) in [5.74, 6) is 0.860. The molecule has 0 spiro atoms. The van der Waals surface area contributed by atoms with E-state index in [9.17, 15) is 4.79 Å². The normalized spacial score (nSPS) is 21.1. The van der Waals surface area contributed by atoms with Crippen LogP contribution in [0.5, 0.6) is 0 Å². The Labute approximate surface area is 174 Å². The first-order valence-electron chi connectivity index (χ1n) is 10.5. The number of rotatable bonds is 4. The molecule has 0 saturated carbocycles. The highest BCUT2D eigenvalue weighted by atomic mass is 16.5. The van der Waals surface area contributed by atoms with Gasteiger partial charge in [0.1, 0.15) is 18.2 Å². The molecule has 0 bridgehead atoms. The zero-order valence-electron chi connectivity index (χ0n) is 16.7. The van der Waals surface area contributed by atoms with Crippen molar-refractivity contribution in [2.45, 2.75) is 44.2 Å². The van der Waals surface area contributed by atoms with E-state index in [0.29, 0.717) is 18.9 Å². The fourth-order valence-corrected chi connectivity index (χ4v) is 4.25. The van der Waals surface area contributed by atoms with E-state index in [0.717, 1.165) is 36.3 Å². The van der Waals surface area contributed by atoms with Gasteiger partial charge < -0.3 is 10.1 Å². The van der Waals surface area contributed by atoms with Gasteiger partial charge in [-0.15, -0.1) is 0 Å². The van der Waals surface area contributed by atoms with Crippen molar-refractivity contribution in [3.63, 3.8) is 0 Å². The first-order chi connectivity index (χ1) is 14.8. The number of pyridine rings is 1. The molecule has 0 radical (unpaired) electrons. The van der Waals surface area contributed by atoms with E-state index >= 15 is 0 Å². The Morgan fingerprint density at radius 2 is 2.00 bits per heavy atom. The molecule has 5 rings (SSSR count). The van der Waals surface area contributed by atoms with E-state index in [1.165, 1.54) is 23.1 Å². The van der Waals surface area contributed by atoms with Crippen LogP contribution in [0.25, 0.3) is 11.3 Å². The number of aryl methyl sites for hydroxylation is 1. The lowest BCUT2D eigenvalue weighted by Gasteiger charge is -2.22. The zero-order valence-corrected chi connectivity index (χ0v) is 16.7. The molecule has 2 aliphatic rings. The summed E-state index contributed by atoms with van der Waals surface area (Å²) in [6, 6.07) is 6.77. The second-order valence-corrected chi connectivity index (χ2v) is 7.81. The van der Waals surface area contributed by atoms with E-state index in [-0.39, 0.29) is 17.6 Å². The van der Waals surface area contributed by atoms with Gasteiger partial charge in [0.15, 0.2) is 0 Å². The third-order valence-electron chi connectivity index (χ3n) is 5.84. The number of hydrogen-bond acceptors (Lipinski definition) is 7. The average molecular weight is 404 g/mol. The van der Waals surface area contributed by atoms with Crippen molar-refractivity contribution in [3.05, 3.63) is 64.6 Å². The van der Waals surface area contributed by atoms with Gasteiger partial charge >= 0.3 is 0 Å². The Bertz CT molecular complexity index is 1080. The highest BCUT2D eigenvalue weighted by molar-refractivity contribution is 5.56. The molecule has 1 aliphatic heterocycles. The monoisotopic (exact) mass is 404 g/mol. The predicted molar refractivity (Wildman–Crippen MR) is 112 cm³/mol. The number of ether oxygens (including phenoxy) is 1. The SMILES string of the molecule is O=c1ccc(-c2cccnc2)nn1C1COCC1Nc1ncnc2c1CCCCC2. The molecule has 8 nitrogen and oxygen atoms in total. The molecule has 0 aromatic carbocycles. The summed E-state index contributed by atoms with van der Waals surface area (Å²) < 4.78 is 7.28. The van der Waals surface area contributed by atoms with Crippen LogP contribution in [0.1, 0.15) is 36.6 Å². The first kappa shape index (κ1) is 18.9. The van der Waals surface area contributed by atoms with E-state index < -0.39 is 0 Å². The van der Waals surface area contributed by atoms with Crippen LogP contribution in [0.4, 0.5) is 5.82 Å². The lowest BCUT2D eigenvalue weighted by Crippen LogP contribution is -2.37. The minimum Gasteiger partial charge on any atom is -0.377 e. The average Bonchev–Trinajstić information content (AvgIpc) is 3.09. The molecule has 8 heteroatoms. The van der Waals surface area contributed by atoms with Crippen LogP contribution in [0.3, 0.4) is 0 Å². The molecule has 3 aromatic heterocycles. The summed E-state index contributed by atoms with van der Waals surface area (Å²) in [6.45, 7) is 0.920. The third kappa shape index (κ3) is 3.70. The van der Waals surface area contributed by atoms with E-state index in [2.05, 4.69) is 25.4 Å². The molecular formula is C22H24N6O2. The van der Waals surface area contributed by atoms with Crippen molar-refractivity contribution in [3.8, 4) is 11.3 Å². The van der Waals surface area contributed by atoms with Crippen molar-refractivity contribution in [2.24, 2.45) is 0 Å². The second kappa shape index (κ2) is 8.31. The second-order valence-electron chi connectivity index (χ2n) is 7.81. The van der Waals surface area contributed by atoms with Crippen LogP contribution < -0.4 is 10.9 Å². The summed E-state index contributed by atoms with van der Waals surface area (Å²) in [4.78, 5) is 25.8. The van der Waals surface area contributed by atoms with Crippen molar-refractivity contribution in [1.29, 1.82) is 0 Å². The summed E-state index contributed by atoms with van der Waals surface area (Å²) in [5, 5.41) is 8.17. The van der Waals surface area contributed by atoms with Crippen LogP contribution in [0.2, 0.25) is 0 Å². The maximum absolute atomic E-state index is 12.6. The van der Waals surface area contributed by atoms with Crippen LogP contribution in [-0.2, 0) is 17.6 Å². The first-order valence-corrected chi connectivity index (χ1v) is 10.5. The van der Waals surface area contributed by atoms with E-state index in [1.807, 2.05) is 12.1 Å². The van der Waals surface area contributed by atoms with Crippen LogP contribution in [0.15, 0.2) is 47.8 Å². The maximum Gasteiger partial charge on any atom is 0.267 e. The Hall–Kier alpha value is -3.13. The number of anilines is 1. The van der Waals surface area contributed by atoms with Gasteiger partial charge in [0.25, 0.3) is 5.56 Å². The molecule has 2 atom stereocenters. The summed E-state index contributed by atoms with van der Waals surface area (Å²) >= 11 is 0. The lowest BCUT2D eigenvalue weighted by atomic mass is 10.1. The smallest absolute Gasteiger partial charge is 0.267 e. The van der Waals surface area contributed by atoms with Gasteiger partial charge in [-0.05, 0) is 43.9 Å². The summed E-state index contributed by atoms with van der Waals surface area (Å²) in [6.07, 6.45) is 10.6. The fraction of sp³-hybridized carbons (Fsp3) is 0.409. The Kier molecular flexibility index (Phi) is 5.23. The largest absolute Gasteiger partial charge is 0.377 e. The van der Waals surface area contributed by atoms with E-state index in [4.69, 9.17) is 4.74 Å². The predicted octanol–water partition coefficient (Wildman–Crippen LogP) is 2.42. The number of aromatic nitrogens is 5. The van der Waals surface area contributed by atoms with Crippen molar-refractivity contribution in [2.75, 3.05) is 18.5 Å². The Balaban J connectivity index is 1.45. The van der Waals surface area contributed by atoms with Gasteiger partial charge in [-0.2, -0.15) is 5.10 Å². The maximum atomic E-state index is 12.6. The Morgan fingerprint density at radius 1 is 1.07 bits per heavy atom. The van der Waals surface area contributed by atoms with Crippen molar-refractivity contribution < 1.29 is 4.74 Å². The number of hydrogen-bond donors (Lipinski definition) is 1. The van der Waals surface area contributed by atoms with Gasteiger partial charge in [-0.3, -0.25) is 9.78 Å². The van der Waals surface area contributed by atoms with Crippen LogP contribution in [0, 0.1) is 0 Å². The lowest BCUT2D eigenvalue weighted by molar-refractivity contribution is 0.183. The van der Waals surface area contributed by atoms with Gasteiger partial charge in [-0.1, -0.05) is 6.42 Å². The molecule has 0 amide bonds. The fourth-order valence-electron chi connectivity index (χ4n) is 4.25. The van der Waals surface area contributed by atoms with Gasteiger partial charge in [0, 0.05) is 35.3 Å². The number of nitrogens with zero attached hydrogens (tertiary/aromatic N) is 5. The topological polar surface area (TPSA) is 94.8 Å². The molecule has 154 valence electrons. The Morgan fingerprint density at radius 3 is 2.90 bits per heavy atom. The molecule has 3 aromatic rings. The van der Waals surface area contributed by atoms with Crippen LogP contribution in [-0.4, -0.2) is 44.0 Å². The summed E-state index contributed by atoms with van der Waals surface area (Å²) in [7, 11) is 0. The van der Waals surface area contributed by atoms with Gasteiger partial charge in [0.2, 0.25) is 0 Å². The third-order valence-corrected chi connectivity index (χ3v) is 5.84. The minimum absolute atomic E-state index is 0.0957. The van der Waals surface area contributed by atoms with Gasteiger partial charge in [0.05, 0.1) is 24.9 Å². The standard InChI is InChI=1S/C22H24N6O2/c29-21-9-8-17(15-5-4-10-23-11-15)27-28(21)20-13-30-12-19(20)26-22-16-6-2-1-3-7-18(16)24-14-25-22/h4-5,8-11,14,19-20H,1-3,6-7,12-13H2,(H,24,25,26). The number of fused-ring (bicyclic) bond motifs is 1. The van der Waals surface area contributed by atoms with E-state index in [1.54, 1.807) is 30.9 Å². The highest BCUT2D eigenvalue weighted by Crippen LogP contribution is 2.27. The molecule has 1 aliphatic carbocycles. The molecule has 1 fully saturated rings. The van der Waals surface area contributed by atoms with Crippen molar-refractivity contribution in [1.82, 2.24) is 24.7 Å². The molecule has 4 heterocycles. The molecule has 1 saturated heterocycles. The zero-order chi connectivity index (χ0) is 20.3. The minimum atomic E-state index is -0.217.